The molecule has 0 saturated carbocycles. The van der Waals surface area contributed by atoms with Crippen molar-refractivity contribution in [2.24, 2.45) is 0 Å². The van der Waals surface area contributed by atoms with Gasteiger partial charge in [0.15, 0.2) is 0 Å². The molecule has 0 radical (unpaired) electrons. The molecule has 0 aromatic heterocycles. The predicted molar refractivity (Wildman–Crippen MR) is 62.1 cm³/mol. The second-order valence-electron chi connectivity index (χ2n) is 4.05. The number of nitrogens with one attached hydrogen (secondary N) is 1. The van der Waals surface area contributed by atoms with Gasteiger partial charge in [-0.1, -0.05) is 18.2 Å². The van der Waals surface area contributed by atoms with Crippen LogP contribution >= 0.6 is 0 Å². The zero-order chi connectivity index (χ0) is 12.3. The summed E-state index contributed by atoms with van der Waals surface area (Å²) < 4.78 is 4.74. The standard InChI is InChI=1S/C13H14N2O2/c1-17-13(16)12-7-11-9(5-6-14)3-2-4-10(11)8-15-12/h2-4,12,15H,5,7-8H2,1H3. The molecule has 4 nitrogen and oxygen atoms in total. The van der Waals surface area contributed by atoms with Gasteiger partial charge in [0.1, 0.15) is 6.04 Å². The van der Waals surface area contributed by atoms with Crippen molar-refractivity contribution in [2.45, 2.75) is 25.4 Å². The van der Waals surface area contributed by atoms with Gasteiger partial charge in [0, 0.05) is 6.54 Å². The number of methoxy groups -OCH3 is 1. The van der Waals surface area contributed by atoms with Crippen LogP contribution in [0.1, 0.15) is 16.7 Å². The zero-order valence-corrected chi connectivity index (χ0v) is 9.69. The number of carbonyl (C=O) groups excluding carboxylic acids is 1. The van der Waals surface area contributed by atoms with Crippen molar-refractivity contribution in [1.29, 1.82) is 5.26 Å². The van der Waals surface area contributed by atoms with Gasteiger partial charge >= 0.3 is 5.97 Å². The van der Waals surface area contributed by atoms with Crippen LogP contribution in [0.3, 0.4) is 0 Å². The van der Waals surface area contributed by atoms with E-state index in [0.29, 0.717) is 19.4 Å². The lowest BCUT2D eigenvalue weighted by Crippen LogP contribution is -2.42. The molecule has 1 aliphatic heterocycles. The molecule has 1 heterocycles. The van der Waals surface area contributed by atoms with Gasteiger partial charge < -0.3 is 10.1 Å². The summed E-state index contributed by atoms with van der Waals surface area (Å²) in [6.45, 7) is 0.647. The summed E-state index contributed by atoms with van der Waals surface area (Å²) in [6, 6.07) is 7.78. The molecule has 0 aliphatic carbocycles. The fourth-order valence-electron chi connectivity index (χ4n) is 2.18. The van der Waals surface area contributed by atoms with E-state index in [4.69, 9.17) is 10.00 Å². The Hall–Kier alpha value is -1.86. The quantitative estimate of drug-likeness (QED) is 0.768. The highest BCUT2D eigenvalue weighted by Gasteiger charge is 2.25. The number of fused-ring (bicyclic) bond motifs is 1. The predicted octanol–water partition coefficient (Wildman–Crippen LogP) is 0.940. The first-order chi connectivity index (χ1) is 8.26. The molecular formula is C13H14N2O2. The van der Waals surface area contributed by atoms with Gasteiger partial charge in [0.25, 0.3) is 0 Å². The monoisotopic (exact) mass is 230 g/mol. The van der Waals surface area contributed by atoms with Crippen LogP contribution in [0.5, 0.6) is 0 Å². The summed E-state index contributed by atoms with van der Waals surface area (Å²) in [6.07, 6.45) is 0.983. The number of carbonyl (C=O) groups is 1. The number of benzene rings is 1. The van der Waals surface area contributed by atoms with Crippen LogP contribution < -0.4 is 5.32 Å². The van der Waals surface area contributed by atoms with Gasteiger partial charge in [-0.25, -0.2) is 0 Å². The maximum absolute atomic E-state index is 11.5. The summed E-state index contributed by atoms with van der Waals surface area (Å²) in [5.41, 5.74) is 3.29. The molecule has 88 valence electrons. The van der Waals surface area contributed by atoms with Crippen LogP contribution in [0.4, 0.5) is 0 Å². The van der Waals surface area contributed by atoms with Crippen molar-refractivity contribution in [3.8, 4) is 6.07 Å². The van der Waals surface area contributed by atoms with Crippen LogP contribution in [-0.4, -0.2) is 19.1 Å². The van der Waals surface area contributed by atoms with Crippen LogP contribution in [0.2, 0.25) is 0 Å². The molecule has 1 aromatic rings. The first kappa shape index (κ1) is 11.6. The molecule has 1 unspecified atom stereocenters. The number of nitriles is 1. The van der Waals surface area contributed by atoms with Gasteiger partial charge in [-0.15, -0.1) is 0 Å². The van der Waals surface area contributed by atoms with Gasteiger partial charge in [-0.3, -0.25) is 4.79 Å². The fraction of sp³-hybridized carbons (Fsp3) is 0.385. The molecule has 0 fully saturated rings. The lowest BCUT2D eigenvalue weighted by atomic mass is 9.90. The van der Waals surface area contributed by atoms with Crippen molar-refractivity contribution in [3.63, 3.8) is 0 Å². The Morgan fingerprint density at radius 3 is 3.18 bits per heavy atom. The highest BCUT2D eigenvalue weighted by atomic mass is 16.5. The Labute approximate surface area is 100 Å². The second-order valence-corrected chi connectivity index (χ2v) is 4.05. The minimum atomic E-state index is -0.299. The van der Waals surface area contributed by atoms with E-state index in [0.717, 1.165) is 16.7 Å². The Morgan fingerprint density at radius 1 is 1.65 bits per heavy atom. The van der Waals surface area contributed by atoms with Crippen LogP contribution in [0, 0.1) is 11.3 Å². The van der Waals surface area contributed by atoms with Gasteiger partial charge in [-0.05, 0) is 23.1 Å². The Balaban J connectivity index is 2.29. The lowest BCUT2D eigenvalue weighted by Gasteiger charge is -2.25. The average molecular weight is 230 g/mol. The third-order valence-electron chi connectivity index (χ3n) is 3.07. The maximum Gasteiger partial charge on any atom is 0.323 e. The van der Waals surface area contributed by atoms with Crippen molar-refractivity contribution < 1.29 is 9.53 Å². The Bertz CT molecular complexity index is 477. The van der Waals surface area contributed by atoms with E-state index in [1.165, 1.54) is 7.11 Å². The van der Waals surface area contributed by atoms with E-state index in [1.54, 1.807) is 0 Å². The minimum absolute atomic E-state index is 0.248. The molecule has 0 amide bonds. The van der Waals surface area contributed by atoms with Crippen molar-refractivity contribution >= 4 is 5.97 Å². The Morgan fingerprint density at radius 2 is 2.47 bits per heavy atom. The van der Waals surface area contributed by atoms with Gasteiger partial charge in [-0.2, -0.15) is 5.26 Å². The van der Waals surface area contributed by atoms with E-state index in [2.05, 4.69) is 11.4 Å². The van der Waals surface area contributed by atoms with Crippen molar-refractivity contribution in [3.05, 3.63) is 34.9 Å². The summed E-state index contributed by atoms with van der Waals surface area (Å²) in [5.74, 6) is -0.248. The molecule has 1 aromatic carbocycles. The van der Waals surface area contributed by atoms with Crippen molar-refractivity contribution in [2.75, 3.05) is 7.11 Å². The van der Waals surface area contributed by atoms with Crippen LogP contribution in [-0.2, 0) is 28.9 Å². The molecular weight excluding hydrogens is 216 g/mol. The van der Waals surface area contributed by atoms with Crippen molar-refractivity contribution in [1.82, 2.24) is 5.32 Å². The summed E-state index contributed by atoms with van der Waals surface area (Å²) >= 11 is 0. The average Bonchev–Trinajstić information content (AvgIpc) is 2.38. The summed E-state index contributed by atoms with van der Waals surface area (Å²) in [4.78, 5) is 11.5. The van der Waals surface area contributed by atoms with Crippen LogP contribution in [0.15, 0.2) is 18.2 Å². The fourth-order valence-corrected chi connectivity index (χ4v) is 2.18. The molecule has 2 rings (SSSR count). The maximum atomic E-state index is 11.5. The third-order valence-corrected chi connectivity index (χ3v) is 3.07. The van der Waals surface area contributed by atoms with E-state index in [1.807, 2.05) is 18.2 Å². The first-order valence-electron chi connectivity index (χ1n) is 5.54. The SMILES string of the molecule is COC(=O)C1Cc2c(CC#N)cccc2CN1. The zero-order valence-electron chi connectivity index (χ0n) is 9.69. The smallest absolute Gasteiger partial charge is 0.323 e. The van der Waals surface area contributed by atoms with E-state index >= 15 is 0 Å². The normalized spacial score (nSPS) is 18.0. The topological polar surface area (TPSA) is 62.1 Å². The molecule has 1 N–H and O–H groups in total. The number of esters is 1. The molecule has 0 bridgehead atoms. The highest BCUT2D eigenvalue weighted by molar-refractivity contribution is 5.76. The number of rotatable bonds is 2. The lowest BCUT2D eigenvalue weighted by molar-refractivity contribution is -0.143. The molecule has 0 spiro atoms. The molecule has 1 aliphatic rings. The minimum Gasteiger partial charge on any atom is -0.468 e. The largest absolute Gasteiger partial charge is 0.468 e. The number of nitrogens with zero attached hydrogens (tertiary/aromatic N) is 1. The number of hydrogen-bond donors (Lipinski definition) is 1. The highest BCUT2D eigenvalue weighted by Crippen LogP contribution is 2.21. The summed E-state index contributed by atoms with van der Waals surface area (Å²) in [5, 5.41) is 11.9. The number of hydrogen-bond acceptors (Lipinski definition) is 4. The van der Waals surface area contributed by atoms with E-state index in [-0.39, 0.29) is 12.0 Å². The molecule has 1 atom stereocenters. The molecule has 4 heteroatoms. The van der Waals surface area contributed by atoms with E-state index in [9.17, 15) is 4.79 Å². The van der Waals surface area contributed by atoms with Gasteiger partial charge in [0.05, 0.1) is 19.6 Å². The second kappa shape index (κ2) is 4.98. The molecule has 17 heavy (non-hydrogen) atoms. The first-order valence-corrected chi connectivity index (χ1v) is 5.54. The summed E-state index contributed by atoms with van der Waals surface area (Å²) in [7, 11) is 1.39. The Kier molecular flexibility index (Phi) is 3.40. The van der Waals surface area contributed by atoms with Crippen LogP contribution in [0.25, 0.3) is 0 Å². The van der Waals surface area contributed by atoms with E-state index < -0.39 is 0 Å². The molecule has 0 saturated heterocycles. The number of ether oxygens (including phenoxy) is 1. The third kappa shape index (κ3) is 2.29. The van der Waals surface area contributed by atoms with Gasteiger partial charge in [0.2, 0.25) is 0 Å².